The molecule has 0 radical (unpaired) electrons. The summed E-state index contributed by atoms with van der Waals surface area (Å²) in [5.74, 6) is 0.637. The number of hydrogen-bond acceptors (Lipinski definition) is 3. The Morgan fingerprint density at radius 1 is 1.22 bits per heavy atom. The Morgan fingerprint density at radius 2 is 1.94 bits per heavy atom. The summed E-state index contributed by atoms with van der Waals surface area (Å²) in [5, 5.41) is 3.50. The average molecular weight is 260 g/mol. The third kappa shape index (κ3) is 3.10. The predicted molar refractivity (Wildman–Crippen MR) is 79.3 cm³/mol. The second-order valence-electron chi connectivity index (χ2n) is 4.70. The van der Waals surface area contributed by atoms with E-state index >= 15 is 0 Å². The Labute approximate surface area is 113 Å². The number of aromatic nitrogens is 1. The van der Waals surface area contributed by atoms with Gasteiger partial charge in [0.05, 0.1) is 11.6 Å². The van der Waals surface area contributed by atoms with E-state index in [-0.39, 0.29) is 0 Å². The van der Waals surface area contributed by atoms with E-state index in [4.69, 9.17) is 0 Å². The number of benzene rings is 1. The third-order valence-electron chi connectivity index (χ3n) is 3.35. The first-order valence-corrected chi connectivity index (χ1v) is 7.33. The highest BCUT2D eigenvalue weighted by Crippen LogP contribution is 2.24. The molecule has 2 unspecified atom stereocenters. The minimum absolute atomic E-state index is 0.312. The average Bonchev–Trinajstić information content (AvgIpc) is 2.92. The van der Waals surface area contributed by atoms with Crippen LogP contribution in [0.25, 0.3) is 0 Å². The van der Waals surface area contributed by atoms with Crippen LogP contribution in [0.5, 0.6) is 0 Å². The van der Waals surface area contributed by atoms with Gasteiger partial charge in [-0.25, -0.2) is 0 Å². The van der Waals surface area contributed by atoms with E-state index in [1.165, 1.54) is 22.5 Å². The lowest BCUT2D eigenvalue weighted by Gasteiger charge is -2.15. The number of hydrogen-bond donors (Lipinski definition) is 1. The number of rotatable bonds is 5. The summed E-state index contributed by atoms with van der Waals surface area (Å²) in [7, 11) is 0. The van der Waals surface area contributed by atoms with Crippen molar-refractivity contribution in [2.45, 2.75) is 39.2 Å². The van der Waals surface area contributed by atoms with Crippen LogP contribution in [-0.4, -0.2) is 4.98 Å². The largest absolute Gasteiger partial charge is 0.378 e. The fourth-order valence-electron chi connectivity index (χ4n) is 1.90. The van der Waals surface area contributed by atoms with Crippen LogP contribution in [0.4, 0.5) is 5.69 Å². The topological polar surface area (TPSA) is 24.9 Å². The first-order valence-electron chi connectivity index (χ1n) is 6.45. The number of thiazole rings is 1. The van der Waals surface area contributed by atoms with Gasteiger partial charge in [-0.3, -0.25) is 4.98 Å². The van der Waals surface area contributed by atoms with Gasteiger partial charge in [-0.15, -0.1) is 11.3 Å². The fraction of sp³-hybridized carbons (Fsp3) is 0.400. The predicted octanol–water partition coefficient (Wildman–Crippen LogP) is 4.83. The van der Waals surface area contributed by atoms with Gasteiger partial charge in [-0.2, -0.15) is 0 Å². The molecule has 0 fully saturated rings. The maximum absolute atomic E-state index is 4.11. The van der Waals surface area contributed by atoms with Crippen LogP contribution in [0.15, 0.2) is 36.0 Å². The summed E-state index contributed by atoms with van der Waals surface area (Å²) < 4.78 is 0. The lowest BCUT2D eigenvalue weighted by atomic mass is 9.98. The molecule has 18 heavy (non-hydrogen) atoms. The van der Waals surface area contributed by atoms with Crippen LogP contribution in [0, 0.1) is 0 Å². The first-order chi connectivity index (χ1) is 8.70. The molecule has 2 aromatic rings. The molecule has 2 nitrogen and oxygen atoms in total. The van der Waals surface area contributed by atoms with Gasteiger partial charge in [0.25, 0.3) is 0 Å². The first kappa shape index (κ1) is 13.1. The zero-order valence-corrected chi connectivity index (χ0v) is 12.0. The molecule has 1 N–H and O–H groups in total. The molecule has 1 aromatic carbocycles. The summed E-state index contributed by atoms with van der Waals surface area (Å²) in [6.07, 6.45) is 3.11. The molecule has 96 valence electrons. The van der Waals surface area contributed by atoms with Crippen LogP contribution in [-0.2, 0) is 0 Å². The SMILES string of the molecule is CCC(C)c1ccc(NC(C)c2cncs2)cc1. The highest BCUT2D eigenvalue weighted by Gasteiger charge is 2.07. The number of nitrogens with zero attached hydrogens (tertiary/aromatic N) is 1. The molecule has 1 aromatic heterocycles. The van der Waals surface area contributed by atoms with Gasteiger partial charge in [0.1, 0.15) is 0 Å². The van der Waals surface area contributed by atoms with Crippen molar-refractivity contribution in [2.75, 3.05) is 5.32 Å². The summed E-state index contributed by atoms with van der Waals surface area (Å²) in [4.78, 5) is 5.38. The van der Waals surface area contributed by atoms with Crippen molar-refractivity contribution in [3.63, 3.8) is 0 Å². The lowest BCUT2D eigenvalue weighted by Crippen LogP contribution is -2.04. The fourth-order valence-corrected chi connectivity index (χ4v) is 2.53. The summed E-state index contributed by atoms with van der Waals surface area (Å²) in [5.41, 5.74) is 4.45. The van der Waals surface area contributed by atoms with Gasteiger partial charge in [-0.05, 0) is 37.0 Å². The molecule has 0 amide bonds. The Bertz CT molecular complexity index is 462. The van der Waals surface area contributed by atoms with Crippen molar-refractivity contribution in [3.05, 3.63) is 46.4 Å². The maximum atomic E-state index is 4.11. The monoisotopic (exact) mass is 260 g/mol. The number of anilines is 1. The van der Waals surface area contributed by atoms with Crippen molar-refractivity contribution in [1.82, 2.24) is 4.98 Å². The molecule has 0 spiro atoms. The number of nitrogens with one attached hydrogen (secondary N) is 1. The highest BCUT2D eigenvalue weighted by molar-refractivity contribution is 7.09. The summed E-state index contributed by atoms with van der Waals surface area (Å²) in [6.45, 7) is 6.65. The highest BCUT2D eigenvalue weighted by atomic mass is 32.1. The Kier molecular flexibility index (Phi) is 4.37. The van der Waals surface area contributed by atoms with Gasteiger partial charge < -0.3 is 5.32 Å². The zero-order chi connectivity index (χ0) is 13.0. The van der Waals surface area contributed by atoms with E-state index in [2.05, 4.69) is 55.3 Å². The van der Waals surface area contributed by atoms with Gasteiger partial charge in [0.15, 0.2) is 0 Å². The second-order valence-corrected chi connectivity index (χ2v) is 5.62. The lowest BCUT2D eigenvalue weighted by molar-refractivity contribution is 0.733. The van der Waals surface area contributed by atoms with Crippen molar-refractivity contribution in [1.29, 1.82) is 0 Å². The normalized spacial score (nSPS) is 14.2. The molecule has 3 heteroatoms. The standard InChI is InChI=1S/C15H20N2S/c1-4-11(2)13-5-7-14(8-6-13)17-12(3)15-9-16-10-18-15/h5-12,17H,4H2,1-3H3. The van der Waals surface area contributed by atoms with Gasteiger partial charge in [-0.1, -0.05) is 26.0 Å². The molecular weight excluding hydrogens is 240 g/mol. The minimum Gasteiger partial charge on any atom is -0.378 e. The molecule has 2 atom stereocenters. The van der Waals surface area contributed by atoms with Gasteiger partial charge in [0, 0.05) is 16.8 Å². The maximum Gasteiger partial charge on any atom is 0.0795 e. The molecule has 0 aliphatic rings. The molecule has 0 saturated heterocycles. The van der Waals surface area contributed by atoms with Crippen molar-refractivity contribution < 1.29 is 0 Å². The Hall–Kier alpha value is -1.35. The van der Waals surface area contributed by atoms with Crippen LogP contribution in [0.2, 0.25) is 0 Å². The zero-order valence-electron chi connectivity index (χ0n) is 11.2. The molecule has 0 aliphatic heterocycles. The minimum atomic E-state index is 0.312. The van der Waals surface area contributed by atoms with E-state index in [9.17, 15) is 0 Å². The summed E-state index contributed by atoms with van der Waals surface area (Å²) in [6, 6.07) is 9.08. The van der Waals surface area contributed by atoms with Gasteiger partial charge >= 0.3 is 0 Å². The second kappa shape index (κ2) is 6.01. The molecule has 0 bridgehead atoms. The van der Waals surface area contributed by atoms with Crippen LogP contribution in [0.3, 0.4) is 0 Å². The molecule has 1 heterocycles. The van der Waals surface area contributed by atoms with E-state index in [1.807, 2.05) is 11.7 Å². The third-order valence-corrected chi connectivity index (χ3v) is 4.31. The van der Waals surface area contributed by atoms with E-state index in [0.29, 0.717) is 12.0 Å². The van der Waals surface area contributed by atoms with E-state index in [0.717, 1.165) is 0 Å². The molecule has 0 aliphatic carbocycles. The van der Waals surface area contributed by atoms with Crippen molar-refractivity contribution in [3.8, 4) is 0 Å². The summed E-state index contributed by atoms with van der Waals surface area (Å²) >= 11 is 1.69. The molecule has 2 rings (SSSR count). The smallest absolute Gasteiger partial charge is 0.0795 e. The van der Waals surface area contributed by atoms with E-state index in [1.54, 1.807) is 11.3 Å². The van der Waals surface area contributed by atoms with Crippen molar-refractivity contribution in [2.24, 2.45) is 0 Å². The van der Waals surface area contributed by atoms with Gasteiger partial charge in [0.2, 0.25) is 0 Å². The van der Waals surface area contributed by atoms with Crippen LogP contribution in [0.1, 0.15) is 49.6 Å². The Balaban J connectivity index is 2.02. The van der Waals surface area contributed by atoms with E-state index < -0.39 is 0 Å². The molecule has 0 saturated carbocycles. The quantitative estimate of drug-likeness (QED) is 0.833. The van der Waals surface area contributed by atoms with Crippen LogP contribution < -0.4 is 5.32 Å². The van der Waals surface area contributed by atoms with Crippen LogP contribution >= 0.6 is 11.3 Å². The molecular formula is C15H20N2S. The Morgan fingerprint density at radius 3 is 2.50 bits per heavy atom. The van der Waals surface area contributed by atoms with Crippen molar-refractivity contribution >= 4 is 17.0 Å².